The van der Waals surface area contributed by atoms with Gasteiger partial charge in [0.2, 0.25) is 5.89 Å². The number of hydrogen-bond acceptors (Lipinski definition) is 5. The predicted octanol–water partition coefficient (Wildman–Crippen LogP) is 0.444. The molecule has 0 aromatic carbocycles. The zero-order valence-corrected chi connectivity index (χ0v) is 9.47. The molecule has 0 aliphatic carbocycles. The fourth-order valence-corrected chi connectivity index (χ4v) is 1.44. The van der Waals surface area contributed by atoms with Gasteiger partial charge < -0.3 is 14.4 Å². The Hall–Kier alpha value is -1.69. The Morgan fingerprint density at radius 1 is 1.50 bits per heavy atom. The van der Waals surface area contributed by atoms with Crippen LogP contribution in [-0.4, -0.2) is 26.2 Å². The second-order valence-corrected chi connectivity index (χ2v) is 3.62. The van der Waals surface area contributed by atoms with Crippen LogP contribution in [0.1, 0.15) is 17.5 Å². The Bertz CT molecular complexity index is 448. The van der Waals surface area contributed by atoms with Crippen LogP contribution in [0.3, 0.4) is 0 Å². The summed E-state index contributed by atoms with van der Waals surface area (Å²) in [5, 5.41) is 6.95. The second kappa shape index (κ2) is 4.89. The summed E-state index contributed by atoms with van der Waals surface area (Å²) in [6, 6.07) is 0. The highest BCUT2D eigenvalue weighted by Crippen LogP contribution is 1.96. The van der Waals surface area contributed by atoms with Crippen molar-refractivity contribution < 1.29 is 4.52 Å². The SMILES string of the molecule is Cc1noc(CNCCc2nccn2C)n1. The average molecular weight is 221 g/mol. The van der Waals surface area contributed by atoms with Gasteiger partial charge >= 0.3 is 0 Å². The van der Waals surface area contributed by atoms with Crippen LogP contribution >= 0.6 is 0 Å². The van der Waals surface area contributed by atoms with Crippen LogP contribution in [0, 0.1) is 6.92 Å². The van der Waals surface area contributed by atoms with Gasteiger partial charge in [0.1, 0.15) is 5.82 Å². The van der Waals surface area contributed by atoms with Crippen LogP contribution in [-0.2, 0) is 20.0 Å². The zero-order valence-electron chi connectivity index (χ0n) is 9.47. The van der Waals surface area contributed by atoms with E-state index in [1.54, 1.807) is 13.1 Å². The Morgan fingerprint density at radius 2 is 2.38 bits per heavy atom. The summed E-state index contributed by atoms with van der Waals surface area (Å²) in [5.74, 6) is 2.35. The smallest absolute Gasteiger partial charge is 0.240 e. The van der Waals surface area contributed by atoms with Crippen molar-refractivity contribution in [1.29, 1.82) is 0 Å². The van der Waals surface area contributed by atoms with Gasteiger partial charge in [0.05, 0.1) is 6.54 Å². The van der Waals surface area contributed by atoms with Crippen molar-refractivity contribution in [2.45, 2.75) is 19.9 Å². The molecule has 1 N–H and O–H groups in total. The van der Waals surface area contributed by atoms with E-state index < -0.39 is 0 Å². The lowest BCUT2D eigenvalue weighted by atomic mass is 10.4. The van der Waals surface area contributed by atoms with E-state index in [2.05, 4.69) is 20.4 Å². The molecule has 0 saturated carbocycles. The minimum Gasteiger partial charge on any atom is -0.338 e. The van der Waals surface area contributed by atoms with Gasteiger partial charge in [-0.1, -0.05) is 5.16 Å². The molecule has 0 atom stereocenters. The van der Waals surface area contributed by atoms with E-state index in [1.165, 1.54) is 0 Å². The first kappa shape index (κ1) is 10.8. The van der Waals surface area contributed by atoms with Crippen molar-refractivity contribution in [3.05, 3.63) is 29.9 Å². The lowest BCUT2D eigenvalue weighted by Crippen LogP contribution is -2.18. The van der Waals surface area contributed by atoms with E-state index in [4.69, 9.17) is 4.52 Å². The number of hydrogen-bond donors (Lipinski definition) is 1. The van der Waals surface area contributed by atoms with Crippen molar-refractivity contribution in [3.8, 4) is 0 Å². The van der Waals surface area contributed by atoms with E-state index in [1.807, 2.05) is 17.8 Å². The van der Waals surface area contributed by atoms with Crippen LogP contribution < -0.4 is 5.32 Å². The van der Waals surface area contributed by atoms with Crippen LogP contribution in [0.2, 0.25) is 0 Å². The molecule has 2 aromatic rings. The minimum atomic E-state index is 0.602. The molecule has 6 nitrogen and oxygen atoms in total. The first-order valence-corrected chi connectivity index (χ1v) is 5.22. The largest absolute Gasteiger partial charge is 0.338 e. The minimum absolute atomic E-state index is 0.602. The van der Waals surface area contributed by atoms with Gasteiger partial charge in [-0.3, -0.25) is 0 Å². The third-order valence-corrected chi connectivity index (χ3v) is 2.29. The number of rotatable bonds is 5. The van der Waals surface area contributed by atoms with Gasteiger partial charge in [-0.2, -0.15) is 4.98 Å². The topological polar surface area (TPSA) is 68.8 Å². The molecule has 0 saturated heterocycles. The first-order chi connectivity index (χ1) is 7.75. The molecule has 0 amide bonds. The Balaban J connectivity index is 1.71. The summed E-state index contributed by atoms with van der Waals surface area (Å²) < 4.78 is 6.99. The summed E-state index contributed by atoms with van der Waals surface area (Å²) in [5.41, 5.74) is 0. The molecule has 86 valence electrons. The van der Waals surface area contributed by atoms with Gasteiger partial charge in [-0.25, -0.2) is 4.98 Å². The maximum atomic E-state index is 4.98. The first-order valence-electron chi connectivity index (χ1n) is 5.22. The van der Waals surface area contributed by atoms with Crippen LogP contribution in [0.4, 0.5) is 0 Å². The van der Waals surface area contributed by atoms with E-state index in [-0.39, 0.29) is 0 Å². The summed E-state index contributed by atoms with van der Waals surface area (Å²) in [4.78, 5) is 8.34. The monoisotopic (exact) mass is 221 g/mol. The molecule has 0 spiro atoms. The summed E-state index contributed by atoms with van der Waals surface area (Å²) >= 11 is 0. The summed E-state index contributed by atoms with van der Waals surface area (Å²) in [7, 11) is 1.99. The normalized spacial score (nSPS) is 10.9. The third-order valence-electron chi connectivity index (χ3n) is 2.29. The molecule has 0 bridgehead atoms. The fourth-order valence-electron chi connectivity index (χ4n) is 1.44. The molecular weight excluding hydrogens is 206 g/mol. The standard InChI is InChI=1S/C10H15N5O/c1-8-13-10(16-14-8)7-11-4-3-9-12-5-6-15(9)2/h5-6,11H,3-4,7H2,1-2H3. The molecular formula is C10H15N5O. The zero-order chi connectivity index (χ0) is 11.4. The van der Waals surface area contributed by atoms with E-state index in [0.29, 0.717) is 18.3 Å². The molecule has 0 fully saturated rings. The van der Waals surface area contributed by atoms with Crippen molar-refractivity contribution >= 4 is 0 Å². The number of nitrogens with one attached hydrogen (secondary N) is 1. The van der Waals surface area contributed by atoms with Crippen molar-refractivity contribution in [2.75, 3.05) is 6.54 Å². The second-order valence-electron chi connectivity index (χ2n) is 3.62. The highest BCUT2D eigenvalue weighted by atomic mass is 16.5. The van der Waals surface area contributed by atoms with E-state index >= 15 is 0 Å². The van der Waals surface area contributed by atoms with E-state index in [9.17, 15) is 0 Å². The van der Waals surface area contributed by atoms with Gasteiger partial charge in [0.25, 0.3) is 0 Å². The lowest BCUT2D eigenvalue weighted by molar-refractivity contribution is 0.364. The molecule has 0 aliphatic heterocycles. The summed E-state index contributed by atoms with van der Waals surface area (Å²) in [6.07, 6.45) is 4.63. The van der Waals surface area contributed by atoms with Crippen LogP contribution in [0.15, 0.2) is 16.9 Å². The molecule has 2 heterocycles. The Labute approximate surface area is 93.7 Å². The molecule has 0 radical (unpaired) electrons. The van der Waals surface area contributed by atoms with Gasteiger partial charge in [-0.05, 0) is 6.92 Å². The maximum Gasteiger partial charge on any atom is 0.240 e. The molecule has 0 unspecified atom stereocenters. The number of aromatic nitrogens is 4. The van der Waals surface area contributed by atoms with E-state index in [0.717, 1.165) is 18.8 Å². The molecule has 6 heteroatoms. The molecule has 0 aliphatic rings. The van der Waals surface area contributed by atoms with Crippen molar-refractivity contribution in [2.24, 2.45) is 7.05 Å². The van der Waals surface area contributed by atoms with Gasteiger partial charge in [-0.15, -0.1) is 0 Å². The number of imidazole rings is 1. The fraction of sp³-hybridized carbons (Fsp3) is 0.500. The average Bonchev–Trinajstić information content (AvgIpc) is 2.83. The summed E-state index contributed by atoms with van der Waals surface area (Å²) in [6.45, 7) is 3.25. The van der Waals surface area contributed by atoms with Crippen molar-refractivity contribution in [3.63, 3.8) is 0 Å². The van der Waals surface area contributed by atoms with Crippen molar-refractivity contribution in [1.82, 2.24) is 25.0 Å². The predicted molar refractivity (Wildman–Crippen MR) is 57.7 cm³/mol. The van der Waals surface area contributed by atoms with Crippen LogP contribution in [0.5, 0.6) is 0 Å². The Morgan fingerprint density at radius 3 is 3.00 bits per heavy atom. The molecule has 2 aromatic heterocycles. The third kappa shape index (κ3) is 2.66. The maximum absolute atomic E-state index is 4.98. The Kier molecular flexibility index (Phi) is 3.31. The van der Waals surface area contributed by atoms with Gasteiger partial charge in [0, 0.05) is 32.4 Å². The quantitative estimate of drug-likeness (QED) is 0.742. The highest BCUT2D eigenvalue weighted by Gasteiger charge is 2.02. The number of aryl methyl sites for hydroxylation is 2. The lowest BCUT2D eigenvalue weighted by Gasteiger charge is -2.02. The van der Waals surface area contributed by atoms with Gasteiger partial charge in [0.15, 0.2) is 5.82 Å². The van der Waals surface area contributed by atoms with Crippen LogP contribution in [0.25, 0.3) is 0 Å². The number of nitrogens with zero attached hydrogens (tertiary/aromatic N) is 4. The molecule has 16 heavy (non-hydrogen) atoms. The highest BCUT2D eigenvalue weighted by molar-refractivity contribution is 4.91. The molecule has 2 rings (SSSR count).